The summed E-state index contributed by atoms with van der Waals surface area (Å²) in [6.07, 6.45) is 0. The van der Waals surface area contributed by atoms with Gasteiger partial charge in [-0.15, -0.1) is 35.3 Å². The minimum Gasteiger partial charge on any atom is -0.368 e. The summed E-state index contributed by atoms with van der Waals surface area (Å²) < 4.78 is 0. The van der Waals surface area contributed by atoms with E-state index in [0.717, 1.165) is 38.7 Å². The van der Waals surface area contributed by atoms with Crippen LogP contribution >= 0.6 is 35.3 Å². The van der Waals surface area contributed by atoms with Crippen LogP contribution in [0.4, 0.5) is 0 Å². The van der Waals surface area contributed by atoms with Crippen LogP contribution < -0.4 is 11.1 Å². The normalized spacial score (nSPS) is 16.7. The number of nitrogens with one attached hydrogen (secondary N) is 1. The minimum absolute atomic E-state index is 0. The maximum atomic E-state index is 11.6. The largest absolute Gasteiger partial charge is 0.368 e. The van der Waals surface area contributed by atoms with Crippen molar-refractivity contribution >= 4 is 47.2 Å². The Labute approximate surface area is 165 Å². The van der Waals surface area contributed by atoms with Gasteiger partial charge in [0.1, 0.15) is 0 Å². The second-order valence-electron chi connectivity index (χ2n) is 6.31. The maximum absolute atomic E-state index is 11.6. The molecule has 2 heterocycles. The van der Waals surface area contributed by atoms with Gasteiger partial charge < -0.3 is 16.0 Å². The standard InChI is InChI=1S/C16H27N5OS.HI/c1-12-5-6-13(23-12)11-19-15(18-4)20-7-9-21(10-8-20)16(2,3)14(17)22;/h5-6H,7-11H2,1-4H3,(H2,17,22)(H,18,19);1H. The number of piperazine rings is 1. The van der Waals surface area contributed by atoms with Crippen LogP contribution in [0.1, 0.15) is 23.6 Å². The first-order valence-corrected chi connectivity index (χ1v) is 8.72. The molecule has 6 nitrogen and oxygen atoms in total. The fraction of sp³-hybridized carbons (Fsp3) is 0.625. The first kappa shape index (κ1) is 21.2. The number of hydrogen-bond donors (Lipinski definition) is 2. The van der Waals surface area contributed by atoms with E-state index >= 15 is 0 Å². The number of hydrogen-bond acceptors (Lipinski definition) is 4. The molecule has 0 atom stereocenters. The molecule has 1 fully saturated rings. The van der Waals surface area contributed by atoms with E-state index in [9.17, 15) is 4.79 Å². The molecule has 136 valence electrons. The van der Waals surface area contributed by atoms with Gasteiger partial charge in [0.15, 0.2) is 5.96 Å². The molecule has 0 bridgehead atoms. The van der Waals surface area contributed by atoms with Crippen molar-refractivity contribution in [3.63, 3.8) is 0 Å². The average molecular weight is 465 g/mol. The van der Waals surface area contributed by atoms with Crippen molar-refractivity contribution in [3.05, 3.63) is 21.9 Å². The van der Waals surface area contributed by atoms with E-state index in [1.807, 2.05) is 20.9 Å². The number of nitrogens with two attached hydrogens (primary N) is 1. The molecule has 0 aromatic carbocycles. The number of carbonyl (C=O) groups is 1. The van der Waals surface area contributed by atoms with Crippen LogP contribution in [-0.4, -0.2) is 60.4 Å². The molecule has 1 aromatic rings. The SMILES string of the molecule is CN=C(NCc1ccc(C)s1)N1CCN(C(C)(C)C(N)=O)CC1.I. The van der Waals surface area contributed by atoms with Gasteiger partial charge in [0.25, 0.3) is 0 Å². The van der Waals surface area contributed by atoms with Crippen LogP contribution in [0.3, 0.4) is 0 Å². The highest BCUT2D eigenvalue weighted by atomic mass is 127. The second-order valence-corrected chi connectivity index (χ2v) is 7.68. The molecule has 8 heteroatoms. The smallest absolute Gasteiger partial charge is 0.237 e. The first-order chi connectivity index (χ1) is 10.8. The van der Waals surface area contributed by atoms with Gasteiger partial charge in [0, 0.05) is 43.0 Å². The third-order valence-corrected chi connectivity index (χ3v) is 5.40. The fourth-order valence-electron chi connectivity index (χ4n) is 2.71. The zero-order valence-corrected chi connectivity index (χ0v) is 18.0. The Morgan fingerprint density at radius 2 is 1.96 bits per heavy atom. The van der Waals surface area contributed by atoms with Crippen molar-refractivity contribution in [3.8, 4) is 0 Å². The highest BCUT2D eigenvalue weighted by molar-refractivity contribution is 14.0. The Morgan fingerprint density at radius 3 is 2.42 bits per heavy atom. The Bertz CT molecular complexity index is 579. The topological polar surface area (TPSA) is 74.0 Å². The highest BCUT2D eigenvalue weighted by Gasteiger charge is 2.35. The number of guanidine groups is 1. The molecule has 1 saturated heterocycles. The zero-order valence-electron chi connectivity index (χ0n) is 14.8. The predicted octanol–water partition coefficient (Wildman–Crippen LogP) is 1.63. The van der Waals surface area contributed by atoms with Crippen molar-refractivity contribution in [1.82, 2.24) is 15.1 Å². The molecule has 1 aliphatic rings. The molecule has 0 spiro atoms. The molecule has 0 saturated carbocycles. The lowest BCUT2D eigenvalue weighted by Crippen LogP contribution is -2.61. The minimum atomic E-state index is -0.600. The summed E-state index contributed by atoms with van der Waals surface area (Å²) in [5, 5.41) is 3.42. The van der Waals surface area contributed by atoms with Crippen LogP contribution in [0.25, 0.3) is 0 Å². The Morgan fingerprint density at radius 1 is 1.33 bits per heavy atom. The highest BCUT2D eigenvalue weighted by Crippen LogP contribution is 2.17. The third-order valence-electron chi connectivity index (χ3n) is 4.40. The summed E-state index contributed by atoms with van der Waals surface area (Å²) in [5.41, 5.74) is 4.91. The third kappa shape index (κ3) is 5.06. The Hall–Kier alpha value is -0.870. The summed E-state index contributed by atoms with van der Waals surface area (Å²) in [4.78, 5) is 23.0. The lowest BCUT2D eigenvalue weighted by Gasteiger charge is -2.43. The molecule has 1 aromatic heterocycles. The van der Waals surface area contributed by atoms with Crippen molar-refractivity contribution < 1.29 is 4.79 Å². The summed E-state index contributed by atoms with van der Waals surface area (Å²) in [5.74, 6) is 0.633. The molecule has 0 radical (unpaired) electrons. The molecular weight excluding hydrogens is 437 g/mol. The van der Waals surface area contributed by atoms with Gasteiger partial charge in [-0.3, -0.25) is 14.7 Å². The number of amides is 1. The van der Waals surface area contributed by atoms with Gasteiger partial charge in [0.05, 0.1) is 12.1 Å². The van der Waals surface area contributed by atoms with E-state index < -0.39 is 5.54 Å². The average Bonchev–Trinajstić information content (AvgIpc) is 2.94. The molecule has 3 N–H and O–H groups in total. The van der Waals surface area contributed by atoms with E-state index in [1.54, 1.807) is 11.3 Å². The van der Waals surface area contributed by atoms with Crippen LogP contribution in [0, 0.1) is 6.92 Å². The summed E-state index contributed by atoms with van der Waals surface area (Å²) in [7, 11) is 1.81. The second kappa shape index (κ2) is 9.00. The number of rotatable bonds is 4. The lowest BCUT2D eigenvalue weighted by molar-refractivity contribution is -0.129. The fourth-order valence-corrected chi connectivity index (χ4v) is 3.54. The van der Waals surface area contributed by atoms with Crippen LogP contribution in [0.15, 0.2) is 17.1 Å². The molecule has 1 aliphatic heterocycles. The number of carbonyl (C=O) groups excluding carboxylic acids is 1. The van der Waals surface area contributed by atoms with Crippen LogP contribution in [0.5, 0.6) is 0 Å². The van der Waals surface area contributed by atoms with E-state index in [0.29, 0.717) is 0 Å². The molecule has 0 unspecified atom stereocenters. The number of primary amides is 1. The van der Waals surface area contributed by atoms with Gasteiger partial charge in [-0.05, 0) is 32.9 Å². The van der Waals surface area contributed by atoms with Gasteiger partial charge in [-0.25, -0.2) is 0 Å². The summed E-state index contributed by atoms with van der Waals surface area (Å²) >= 11 is 1.80. The maximum Gasteiger partial charge on any atom is 0.237 e. The zero-order chi connectivity index (χ0) is 17.0. The van der Waals surface area contributed by atoms with Crippen LogP contribution in [0.2, 0.25) is 0 Å². The van der Waals surface area contributed by atoms with Gasteiger partial charge >= 0.3 is 0 Å². The van der Waals surface area contributed by atoms with E-state index in [2.05, 4.69) is 39.2 Å². The molecule has 24 heavy (non-hydrogen) atoms. The quantitative estimate of drug-likeness (QED) is 0.403. The molecule has 2 rings (SSSR count). The summed E-state index contributed by atoms with van der Waals surface area (Å²) in [6.45, 7) is 9.94. The van der Waals surface area contributed by atoms with E-state index in [1.165, 1.54) is 9.75 Å². The van der Waals surface area contributed by atoms with Crippen molar-refractivity contribution in [2.45, 2.75) is 32.9 Å². The predicted molar refractivity (Wildman–Crippen MR) is 111 cm³/mol. The van der Waals surface area contributed by atoms with Gasteiger partial charge in [-0.2, -0.15) is 0 Å². The Balaban J connectivity index is 0.00000288. The number of halogens is 1. The lowest BCUT2D eigenvalue weighted by atomic mass is 10.0. The summed E-state index contributed by atoms with van der Waals surface area (Å²) in [6, 6.07) is 4.28. The van der Waals surface area contributed by atoms with Gasteiger partial charge in [0.2, 0.25) is 5.91 Å². The number of aryl methyl sites for hydroxylation is 1. The van der Waals surface area contributed by atoms with Crippen molar-refractivity contribution in [1.29, 1.82) is 0 Å². The van der Waals surface area contributed by atoms with Crippen molar-refractivity contribution in [2.75, 3.05) is 33.2 Å². The molecular formula is C16H28IN5OS. The number of thiophene rings is 1. The monoisotopic (exact) mass is 465 g/mol. The van der Waals surface area contributed by atoms with E-state index in [4.69, 9.17) is 5.73 Å². The number of nitrogens with zero attached hydrogens (tertiary/aromatic N) is 3. The van der Waals surface area contributed by atoms with Crippen molar-refractivity contribution in [2.24, 2.45) is 10.7 Å². The number of aliphatic imine (C=N–C) groups is 1. The van der Waals surface area contributed by atoms with Crippen LogP contribution in [-0.2, 0) is 11.3 Å². The van der Waals surface area contributed by atoms with Gasteiger partial charge in [-0.1, -0.05) is 0 Å². The first-order valence-electron chi connectivity index (χ1n) is 7.90. The van der Waals surface area contributed by atoms with E-state index in [-0.39, 0.29) is 29.9 Å². The molecule has 0 aliphatic carbocycles. The Kier molecular flexibility index (Phi) is 7.94. The molecule has 1 amide bonds.